The molecule has 150 valence electrons. The number of hydrogen-bond acceptors (Lipinski definition) is 4. The van der Waals surface area contributed by atoms with Gasteiger partial charge in [-0.3, -0.25) is 0 Å². The fourth-order valence-electron chi connectivity index (χ4n) is 3.06. The second kappa shape index (κ2) is 7.57. The molecule has 1 aliphatic rings. The van der Waals surface area contributed by atoms with Crippen LogP contribution in [-0.4, -0.2) is 34.2 Å². The number of likely N-dealkylation sites (tertiary alicyclic amines) is 1. The number of urea groups is 1. The third-order valence-electron chi connectivity index (χ3n) is 4.65. The van der Waals surface area contributed by atoms with Gasteiger partial charge in [-0.15, -0.1) is 0 Å². The van der Waals surface area contributed by atoms with E-state index in [0.29, 0.717) is 31.2 Å². The van der Waals surface area contributed by atoms with Crippen LogP contribution in [0.2, 0.25) is 0 Å². The highest BCUT2D eigenvalue weighted by atomic mass is 19.4. The molecule has 2 aromatic carbocycles. The first-order valence-electron chi connectivity index (χ1n) is 8.98. The fraction of sp³-hybridized carbons (Fsp3) is 0.250. The van der Waals surface area contributed by atoms with Gasteiger partial charge in [0.05, 0.1) is 11.5 Å². The van der Waals surface area contributed by atoms with Crippen molar-refractivity contribution in [3.05, 3.63) is 77.4 Å². The average Bonchev–Trinajstić information content (AvgIpc) is 3.09. The molecule has 0 aliphatic carbocycles. The van der Waals surface area contributed by atoms with E-state index in [-0.39, 0.29) is 11.6 Å². The van der Waals surface area contributed by atoms with Gasteiger partial charge >= 0.3 is 12.2 Å². The Balaban J connectivity index is 1.31. The number of alkyl halides is 3. The number of amides is 2. The molecule has 0 radical (unpaired) electrons. The van der Waals surface area contributed by atoms with Crippen molar-refractivity contribution in [1.82, 2.24) is 15.0 Å². The molecular weight excluding hydrogens is 385 g/mol. The van der Waals surface area contributed by atoms with Crippen LogP contribution < -0.4 is 5.32 Å². The Hall–Kier alpha value is -3.36. The van der Waals surface area contributed by atoms with Gasteiger partial charge in [-0.1, -0.05) is 41.6 Å². The standard InChI is InChI=1S/C20H17F3N4O2/c21-20(22,23)15-7-4-8-16(10-15)24-19(28)27-11-14(12-27)18-25-17(26-29-18)9-13-5-2-1-3-6-13/h1-8,10,14H,9,11-12H2,(H,24,28). The molecule has 1 N–H and O–H groups in total. The molecule has 1 aliphatic heterocycles. The van der Waals surface area contributed by atoms with Crippen molar-refractivity contribution < 1.29 is 22.5 Å². The highest BCUT2D eigenvalue weighted by Gasteiger charge is 2.36. The summed E-state index contributed by atoms with van der Waals surface area (Å²) in [6.07, 6.45) is -3.91. The van der Waals surface area contributed by atoms with Crippen molar-refractivity contribution in [2.45, 2.75) is 18.5 Å². The van der Waals surface area contributed by atoms with Crippen LogP contribution in [0.4, 0.5) is 23.7 Å². The van der Waals surface area contributed by atoms with Crippen LogP contribution in [-0.2, 0) is 12.6 Å². The van der Waals surface area contributed by atoms with Crippen molar-refractivity contribution >= 4 is 11.7 Å². The fourth-order valence-corrected chi connectivity index (χ4v) is 3.06. The number of hydrogen-bond donors (Lipinski definition) is 1. The van der Waals surface area contributed by atoms with E-state index in [1.807, 2.05) is 30.3 Å². The predicted molar refractivity (Wildman–Crippen MR) is 98.3 cm³/mol. The van der Waals surface area contributed by atoms with Crippen molar-refractivity contribution in [2.75, 3.05) is 18.4 Å². The number of anilines is 1. The second-order valence-corrected chi connectivity index (χ2v) is 6.82. The maximum Gasteiger partial charge on any atom is 0.416 e. The van der Waals surface area contributed by atoms with Crippen LogP contribution in [0.5, 0.6) is 0 Å². The van der Waals surface area contributed by atoms with Gasteiger partial charge in [-0.2, -0.15) is 18.2 Å². The summed E-state index contributed by atoms with van der Waals surface area (Å²) in [5.41, 5.74) is 0.348. The van der Waals surface area contributed by atoms with Gasteiger partial charge in [0.15, 0.2) is 5.82 Å². The molecule has 29 heavy (non-hydrogen) atoms. The molecule has 2 heterocycles. The molecule has 1 fully saturated rings. The first-order valence-corrected chi connectivity index (χ1v) is 8.98. The summed E-state index contributed by atoms with van der Waals surface area (Å²) in [6, 6.07) is 13.8. The lowest BCUT2D eigenvalue weighted by Crippen LogP contribution is -2.50. The highest BCUT2D eigenvalue weighted by molar-refractivity contribution is 5.90. The van der Waals surface area contributed by atoms with Gasteiger partial charge in [0.1, 0.15) is 0 Å². The average molecular weight is 402 g/mol. The predicted octanol–water partition coefficient (Wildman–Crippen LogP) is 4.31. The number of carbonyl (C=O) groups excluding carboxylic acids is 1. The largest absolute Gasteiger partial charge is 0.416 e. The van der Waals surface area contributed by atoms with Crippen LogP contribution in [0.15, 0.2) is 59.1 Å². The van der Waals surface area contributed by atoms with Crippen LogP contribution >= 0.6 is 0 Å². The van der Waals surface area contributed by atoms with Crippen LogP contribution in [0.3, 0.4) is 0 Å². The summed E-state index contributed by atoms with van der Waals surface area (Å²) in [5, 5.41) is 6.46. The summed E-state index contributed by atoms with van der Waals surface area (Å²) in [4.78, 5) is 18.1. The third kappa shape index (κ3) is 4.39. The van der Waals surface area contributed by atoms with Crippen LogP contribution in [0.1, 0.15) is 28.8 Å². The molecule has 4 rings (SSSR count). The van der Waals surface area contributed by atoms with Crippen LogP contribution in [0.25, 0.3) is 0 Å². The monoisotopic (exact) mass is 402 g/mol. The van der Waals surface area contributed by atoms with E-state index in [1.54, 1.807) is 0 Å². The lowest BCUT2D eigenvalue weighted by atomic mass is 10.0. The Kier molecular flexibility index (Phi) is 4.96. The second-order valence-electron chi connectivity index (χ2n) is 6.82. The number of benzene rings is 2. The zero-order valence-electron chi connectivity index (χ0n) is 15.2. The van der Waals surface area contributed by atoms with Crippen molar-refractivity contribution in [1.29, 1.82) is 0 Å². The van der Waals surface area contributed by atoms with Gasteiger partial charge in [0.2, 0.25) is 5.89 Å². The van der Waals surface area contributed by atoms with E-state index in [1.165, 1.54) is 17.0 Å². The normalized spacial score (nSPS) is 14.5. The maximum absolute atomic E-state index is 12.8. The molecule has 0 spiro atoms. The molecular formula is C20H17F3N4O2. The van der Waals surface area contributed by atoms with Crippen molar-refractivity contribution in [3.8, 4) is 0 Å². The van der Waals surface area contributed by atoms with Crippen molar-refractivity contribution in [2.24, 2.45) is 0 Å². The van der Waals surface area contributed by atoms with Gasteiger partial charge in [0, 0.05) is 25.2 Å². The molecule has 1 aromatic heterocycles. The van der Waals surface area contributed by atoms with E-state index in [4.69, 9.17) is 4.52 Å². The number of aromatic nitrogens is 2. The van der Waals surface area contributed by atoms with Gasteiger partial charge in [-0.05, 0) is 23.8 Å². The number of rotatable bonds is 4. The van der Waals surface area contributed by atoms with Gasteiger partial charge < -0.3 is 14.7 Å². The Labute approximate surface area is 164 Å². The van der Waals surface area contributed by atoms with Gasteiger partial charge in [-0.25, -0.2) is 4.79 Å². The van der Waals surface area contributed by atoms with E-state index < -0.39 is 17.8 Å². The quantitative estimate of drug-likeness (QED) is 0.706. The summed E-state index contributed by atoms with van der Waals surface area (Å²) in [6.45, 7) is 0.718. The highest BCUT2D eigenvalue weighted by Crippen LogP contribution is 2.31. The molecule has 0 unspecified atom stereocenters. The zero-order valence-corrected chi connectivity index (χ0v) is 15.2. The Morgan fingerprint density at radius 1 is 1.14 bits per heavy atom. The third-order valence-corrected chi connectivity index (χ3v) is 4.65. The van der Waals surface area contributed by atoms with E-state index >= 15 is 0 Å². The first-order chi connectivity index (χ1) is 13.9. The summed E-state index contributed by atoms with van der Waals surface area (Å²) in [7, 11) is 0. The Morgan fingerprint density at radius 3 is 2.62 bits per heavy atom. The molecule has 0 bridgehead atoms. The number of nitrogens with zero attached hydrogens (tertiary/aromatic N) is 3. The molecule has 9 heteroatoms. The molecule has 6 nitrogen and oxygen atoms in total. The molecule has 0 atom stereocenters. The molecule has 3 aromatic rings. The summed E-state index contributed by atoms with van der Waals surface area (Å²) in [5.74, 6) is 0.941. The smallest absolute Gasteiger partial charge is 0.339 e. The summed E-state index contributed by atoms with van der Waals surface area (Å²) >= 11 is 0. The minimum atomic E-state index is -4.46. The van der Waals surface area contributed by atoms with E-state index in [2.05, 4.69) is 15.5 Å². The molecule has 0 saturated carbocycles. The Bertz CT molecular complexity index is 998. The topological polar surface area (TPSA) is 71.3 Å². The van der Waals surface area contributed by atoms with Crippen LogP contribution in [0, 0.1) is 0 Å². The van der Waals surface area contributed by atoms with Gasteiger partial charge in [0.25, 0.3) is 0 Å². The SMILES string of the molecule is O=C(Nc1cccc(C(F)(F)F)c1)N1CC(c2nc(Cc3ccccc3)no2)C1. The zero-order chi connectivity index (χ0) is 20.4. The number of nitrogens with one attached hydrogen (secondary N) is 1. The van der Waals surface area contributed by atoms with Crippen molar-refractivity contribution in [3.63, 3.8) is 0 Å². The lowest BCUT2D eigenvalue weighted by Gasteiger charge is -2.36. The van der Waals surface area contributed by atoms with E-state index in [9.17, 15) is 18.0 Å². The minimum absolute atomic E-state index is 0.0840. The first kappa shape index (κ1) is 19.0. The number of halogens is 3. The maximum atomic E-state index is 12.8. The lowest BCUT2D eigenvalue weighted by molar-refractivity contribution is -0.137. The number of carbonyl (C=O) groups is 1. The molecule has 1 saturated heterocycles. The molecule has 2 amide bonds. The Morgan fingerprint density at radius 2 is 1.90 bits per heavy atom. The summed E-state index contributed by atoms with van der Waals surface area (Å²) < 4.78 is 43.6. The van der Waals surface area contributed by atoms with E-state index in [0.717, 1.165) is 17.7 Å². The minimum Gasteiger partial charge on any atom is -0.339 e.